The van der Waals surface area contributed by atoms with E-state index >= 15 is 0 Å². The van der Waals surface area contributed by atoms with Crippen LogP contribution < -0.4 is 0 Å². The Labute approximate surface area is 114 Å². The lowest BCUT2D eigenvalue weighted by Gasteiger charge is -2.30. The summed E-state index contributed by atoms with van der Waals surface area (Å²) in [5.41, 5.74) is 2.22. The van der Waals surface area contributed by atoms with Crippen LogP contribution in [-0.2, 0) is 0 Å². The monoisotopic (exact) mass is 278 g/mol. The third-order valence-corrected chi connectivity index (χ3v) is 3.93. The lowest BCUT2D eigenvalue weighted by Crippen LogP contribution is -2.38. The first-order chi connectivity index (χ1) is 9.24. The summed E-state index contributed by atoms with van der Waals surface area (Å²) in [6.45, 7) is 3.22. The number of amides is 1. The molecule has 3 heterocycles. The molecule has 3 rings (SSSR count). The van der Waals surface area contributed by atoms with Crippen LogP contribution in [0.5, 0.6) is 0 Å². The minimum absolute atomic E-state index is 0.0176. The van der Waals surface area contributed by atoms with Gasteiger partial charge >= 0.3 is 0 Å². The molecule has 1 fully saturated rings. The van der Waals surface area contributed by atoms with Crippen LogP contribution in [0.3, 0.4) is 0 Å². The Morgan fingerprint density at radius 2 is 2.26 bits per heavy atom. The van der Waals surface area contributed by atoms with E-state index in [4.69, 9.17) is 4.52 Å². The normalized spacial score (nSPS) is 16.8. The molecule has 19 heavy (non-hydrogen) atoms. The van der Waals surface area contributed by atoms with Crippen molar-refractivity contribution < 1.29 is 9.32 Å². The van der Waals surface area contributed by atoms with Crippen LogP contribution in [0.15, 0.2) is 15.4 Å². The molecule has 0 bridgehead atoms. The van der Waals surface area contributed by atoms with Gasteiger partial charge in [0, 0.05) is 31.3 Å². The maximum absolute atomic E-state index is 12.1. The Balaban J connectivity index is 1.62. The van der Waals surface area contributed by atoms with Crippen molar-refractivity contribution in [3.05, 3.63) is 28.3 Å². The Kier molecular flexibility index (Phi) is 3.29. The molecule has 7 heteroatoms. The molecular weight excluding hydrogens is 264 g/mol. The number of piperidine rings is 1. The number of hydrogen-bond donors (Lipinski definition) is 0. The highest BCUT2D eigenvalue weighted by Gasteiger charge is 2.27. The smallest absolute Gasteiger partial charge is 0.273 e. The van der Waals surface area contributed by atoms with Gasteiger partial charge in [-0.05, 0) is 12.8 Å². The summed E-state index contributed by atoms with van der Waals surface area (Å²) >= 11 is 1.44. The van der Waals surface area contributed by atoms with E-state index in [1.165, 1.54) is 11.3 Å². The maximum Gasteiger partial charge on any atom is 0.273 e. The van der Waals surface area contributed by atoms with Crippen LogP contribution in [0.25, 0.3) is 0 Å². The standard InChI is InChI=1S/C12H14N4O2S/c1-8-14-11(15-18-8)9-2-4-16(5-3-9)12(17)10-6-19-7-13-10/h6-7,9H,2-5H2,1H3. The average Bonchev–Trinajstić information content (AvgIpc) is 3.09. The zero-order chi connectivity index (χ0) is 13.2. The Hall–Kier alpha value is -1.76. The van der Waals surface area contributed by atoms with Gasteiger partial charge in [-0.1, -0.05) is 5.16 Å². The predicted molar refractivity (Wildman–Crippen MR) is 69.0 cm³/mol. The quantitative estimate of drug-likeness (QED) is 0.838. The molecule has 0 saturated carbocycles. The molecule has 2 aromatic rings. The number of hydrogen-bond acceptors (Lipinski definition) is 6. The van der Waals surface area contributed by atoms with Gasteiger partial charge in [-0.15, -0.1) is 11.3 Å². The number of likely N-dealkylation sites (tertiary alicyclic amines) is 1. The van der Waals surface area contributed by atoms with E-state index in [0.717, 1.165) is 18.7 Å². The molecule has 1 aliphatic rings. The third-order valence-electron chi connectivity index (χ3n) is 3.34. The number of aryl methyl sites for hydroxylation is 1. The molecule has 1 aliphatic heterocycles. The van der Waals surface area contributed by atoms with Crippen molar-refractivity contribution in [1.29, 1.82) is 0 Å². The fourth-order valence-corrected chi connectivity index (χ4v) is 2.83. The van der Waals surface area contributed by atoms with Crippen LogP contribution in [0.1, 0.15) is 41.0 Å². The van der Waals surface area contributed by atoms with E-state index < -0.39 is 0 Å². The number of carbonyl (C=O) groups is 1. The first-order valence-electron chi connectivity index (χ1n) is 6.21. The van der Waals surface area contributed by atoms with E-state index in [9.17, 15) is 4.79 Å². The van der Waals surface area contributed by atoms with Gasteiger partial charge in [-0.3, -0.25) is 4.79 Å². The first kappa shape index (κ1) is 12.3. The largest absolute Gasteiger partial charge is 0.340 e. The summed E-state index contributed by atoms with van der Waals surface area (Å²) in [6.07, 6.45) is 1.74. The lowest BCUT2D eigenvalue weighted by atomic mass is 9.96. The average molecular weight is 278 g/mol. The van der Waals surface area contributed by atoms with Gasteiger partial charge in [0.15, 0.2) is 5.82 Å². The summed E-state index contributed by atoms with van der Waals surface area (Å²) in [5.74, 6) is 1.66. The molecule has 6 nitrogen and oxygen atoms in total. The van der Waals surface area contributed by atoms with Gasteiger partial charge in [0.2, 0.25) is 5.89 Å². The van der Waals surface area contributed by atoms with E-state index in [2.05, 4.69) is 15.1 Å². The highest BCUT2D eigenvalue weighted by atomic mass is 32.1. The van der Waals surface area contributed by atoms with Gasteiger partial charge in [0.05, 0.1) is 5.51 Å². The van der Waals surface area contributed by atoms with Crippen LogP contribution in [0, 0.1) is 6.92 Å². The Bertz CT molecular complexity index is 558. The Morgan fingerprint density at radius 1 is 1.47 bits per heavy atom. The van der Waals surface area contributed by atoms with Crippen LogP contribution >= 0.6 is 11.3 Å². The van der Waals surface area contributed by atoms with Crippen molar-refractivity contribution in [2.45, 2.75) is 25.7 Å². The molecule has 1 amide bonds. The number of aromatic nitrogens is 3. The number of rotatable bonds is 2. The molecule has 1 saturated heterocycles. The highest BCUT2D eigenvalue weighted by Crippen LogP contribution is 2.26. The molecule has 0 aromatic carbocycles. The van der Waals surface area contributed by atoms with E-state index in [1.807, 2.05) is 4.90 Å². The summed E-state index contributed by atoms with van der Waals surface area (Å²) < 4.78 is 5.00. The third kappa shape index (κ3) is 2.51. The molecule has 0 spiro atoms. The highest BCUT2D eigenvalue weighted by molar-refractivity contribution is 7.07. The van der Waals surface area contributed by atoms with Crippen LogP contribution in [0.4, 0.5) is 0 Å². The molecule has 0 unspecified atom stereocenters. The summed E-state index contributed by atoms with van der Waals surface area (Å²) in [6, 6.07) is 0. The van der Waals surface area contributed by atoms with E-state index in [1.54, 1.807) is 17.8 Å². The summed E-state index contributed by atoms with van der Waals surface area (Å²) in [7, 11) is 0. The SMILES string of the molecule is Cc1nc(C2CCN(C(=O)c3cscn3)CC2)no1. The maximum atomic E-state index is 12.1. The van der Waals surface area contributed by atoms with E-state index in [-0.39, 0.29) is 11.8 Å². The molecule has 2 aromatic heterocycles. The second-order valence-electron chi connectivity index (χ2n) is 4.61. The van der Waals surface area contributed by atoms with Gasteiger partial charge in [0.1, 0.15) is 5.69 Å². The summed E-state index contributed by atoms with van der Waals surface area (Å²) in [5, 5.41) is 5.75. The molecular formula is C12H14N4O2S. The molecule has 0 atom stereocenters. The second kappa shape index (κ2) is 5.08. The fraction of sp³-hybridized carbons (Fsp3) is 0.500. The van der Waals surface area contributed by atoms with E-state index in [0.29, 0.717) is 24.7 Å². The topological polar surface area (TPSA) is 72.1 Å². The van der Waals surface area contributed by atoms with Gasteiger partial charge in [-0.25, -0.2) is 4.98 Å². The van der Waals surface area contributed by atoms with Gasteiger partial charge in [0.25, 0.3) is 5.91 Å². The second-order valence-corrected chi connectivity index (χ2v) is 5.33. The predicted octanol–water partition coefficient (Wildman–Crippen LogP) is 1.85. The molecule has 0 radical (unpaired) electrons. The molecule has 0 N–H and O–H groups in total. The molecule has 0 aliphatic carbocycles. The van der Waals surface area contributed by atoms with Crippen molar-refractivity contribution >= 4 is 17.2 Å². The first-order valence-corrected chi connectivity index (χ1v) is 7.16. The summed E-state index contributed by atoms with van der Waals surface area (Å²) in [4.78, 5) is 22.3. The van der Waals surface area contributed by atoms with Crippen molar-refractivity contribution in [3.8, 4) is 0 Å². The van der Waals surface area contributed by atoms with Crippen molar-refractivity contribution in [2.24, 2.45) is 0 Å². The Morgan fingerprint density at radius 3 is 2.84 bits per heavy atom. The van der Waals surface area contributed by atoms with Crippen LogP contribution in [-0.4, -0.2) is 39.0 Å². The fourth-order valence-electron chi connectivity index (χ4n) is 2.30. The lowest BCUT2D eigenvalue weighted by molar-refractivity contribution is 0.0705. The van der Waals surface area contributed by atoms with Gasteiger partial charge in [-0.2, -0.15) is 4.98 Å². The zero-order valence-electron chi connectivity index (χ0n) is 10.6. The van der Waals surface area contributed by atoms with Crippen molar-refractivity contribution in [3.63, 3.8) is 0 Å². The molecule has 100 valence electrons. The number of carbonyl (C=O) groups excluding carboxylic acids is 1. The number of nitrogens with zero attached hydrogens (tertiary/aromatic N) is 4. The van der Waals surface area contributed by atoms with Crippen LogP contribution in [0.2, 0.25) is 0 Å². The van der Waals surface area contributed by atoms with Gasteiger partial charge < -0.3 is 9.42 Å². The van der Waals surface area contributed by atoms with Crippen molar-refractivity contribution in [2.75, 3.05) is 13.1 Å². The minimum Gasteiger partial charge on any atom is -0.340 e. The zero-order valence-corrected chi connectivity index (χ0v) is 11.4. The van der Waals surface area contributed by atoms with Crippen molar-refractivity contribution in [1.82, 2.24) is 20.0 Å². The minimum atomic E-state index is 0.0176. The number of thiazole rings is 1.